The van der Waals surface area contributed by atoms with Crippen LogP contribution in [0, 0.1) is 0 Å². The van der Waals surface area contributed by atoms with Crippen LogP contribution in [0.25, 0.3) is 0 Å². The summed E-state index contributed by atoms with van der Waals surface area (Å²) in [5.74, 6) is 0.288. The topological polar surface area (TPSA) is 30.0 Å². The van der Waals surface area contributed by atoms with Crippen LogP contribution in [0.5, 0.6) is 0 Å². The second kappa shape index (κ2) is 6.07. The summed E-state index contributed by atoms with van der Waals surface area (Å²) < 4.78 is 1.06. The number of ketones is 1. The normalized spacial score (nSPS) is 10.4. The van der Waals surface area contributed by atoms with E-state index in [1.54, 1.807) is 23.7 Å². The van der Waals surface area contributed by atoms with Gasteiger partial charge in [-0.15, -0.1) is 11.3 Å². The Morgan fingerprint density at radius 1 is 1.35 bits per heavy atom. The van der Waals surface area contributed by atoms with Crippen LogP contribution in [0.15, 0.2) is 40.4 Å². The number of nitrogens with zero attached hydrogens (tertiary/aromatic N) is 1. The van der Waals surface area contributed by atoms with Gasteiger partial charge in [-0.3, -0.25) is 9.78 Å². The first kappa shape index (κ1) is 12.5. The first-order valence-electron chi connectivity index (χ1n) is 5.37. The average Bonchev–Trinajstić information content (AvgIpc) is 2.73. The van der Waals surface area contributed by atoms with E-state index in [-0.39, 0.29) is 5.78 Å². The molecule has 0 radical (unpaired) electrons. The lowest BCUT2D eigenvalue weighted by Crippen LogP contribution is -2.03. The number of halogens is 1. The van der Waals surface area contributed by atoms with Crippen molar-refractivity contribution >= 4 is 33.0 Å². The van der Waals surface area contributed by atoms with Crippen LogP contribution in [-0.2, 0) is 17.6 Å². The molecule has 0 atom stereocenters. The van der Waals surface area contributed by atoms with Gasteiger partial charge in [0.1, 0.15) is 5.78 Å². The summed E-state index contributed by atoms with van der Waals surface area (Å²) in [7, 11) is 0. The van der Waals surface area contributed by atoms with E-state index in [9.17, 15) is 4.79 Å². The van der Waals surface area contributed by atoms with Crippen LogP contribution in [0.4, 0.5) is 0 Å². The Balaban J connectivity index is 1.82. The fraction of sp³-hybridized carbons (Fsp3) is 0.231. The Morgan fingerprint density at radius 3 is 2.76 bits per heavy atom. The summed E-state index contributed by atoms with van der Waals surface area (Å²) in [6.45, 7) is 0. The third-order valence-corrected chi connectivity index (χ3v) is 4.13. The lowest BCUT2D eigenvalue weighted by Gasteiger charge is -1.99. The molecule has 0 unspecified atom stereocenters. The summed E-state index contributed by atoms with van der Waals surface area (Å²) >= 11 is 5.01. The Hall–Kier alpha value is -1.000. The summed E-state index contributed by atoms with van der Waals surface area (Å²) in [5, 5.41) is 2.01. The SMILES string of the molecule is O=C(CCc1ccncc1)Cc1cc(Br)cs1. The van der Waals surface area contributed by atoms with Crippen molar-refractivity contribution in [2.45, 2.75) is 19.3 Å². The molecule has 2 aromatic rings. The standard InChI is InChI=1S/C13H12BrNOS/c14-11-7-13(17-9-11)8-12(16)2-1-10-3-5-15-6-4-10/h3-7,9H,1-2,8H2. The molecule has 0 aromatic carbocycles. The van der Waals surface area contributed by atoms with Crippen molar-refractivity contribution in [2.24, 2.45) is 0 Å². The first-order chi connectivity index (χ1) is 8.24. The predicted octanol–water partition coefficient (Wildman–Crippen LogP) is 3.65. The number of hydrogen-bond donors (Lipinski definition) is 0. The van der Waals surface area contributed by atoms with Gasteiger partial charge in [-0.05, 0) is 46.1 Å². The van der Waals surface area contributed by atoms with Gasteiger partial charge in [0, 0.05) is 40.0 Å². The molecule has 2 aromatic heterocycles. The third kappa shape index (κ3) is 4.06. The molecular formula is C13H12BrNOS. The van der Waals surface area contributed by atoms with Gasteiger partial charge in [0.2, 0.25) is 0 Å². The fourth-order valence-corrected chi connectivity index (χ4v) is 3.04. The molecule has 17 heavy (non-hydrogen) atoms. The summed E-state index contributed by atoms with van der Waals surface area (Å²) in [6, 6.07) is 5.92. The quantitative estimate of drug-likeness (QED) is 0.844. The predicted molar refractivity (Wildman–Crippen MR) is 73.3 cm³/mol. The highest BCUT2D eigenvalue weighted by Crippen LogP contribution is 2.20. The van der Waals surface area contributed by atoms with Crippen LogP contribution in [0.3, 0.4) is 0 Å². The van der Waals surface area contributed by atoms with Gasteiger partial charge in [0.15, 0.2) is 0 Å². The zero-order valence-corrected chi connectivity index (χ0v) is 11.6. The molecule has 0 saturated carbocycles. The van der Waals surface area contributed by atoms with Gasteiger partial charge in [-0.2, -0.15) is 0 Å². The van der Waals surface area contributed by atoms with Gasteiger partial charge in [-0.1, -0.05) is 0 Å². The monoisotopic (exact) mass is 309 g/mol. The van der Waals surface area contributed by atoms with E-state index in [0.29, 0.717) is 12.8 Å². The lowest BCUT2D eigenvalue weighted by atomic mass is 10.1. The smallest absolute Gasteiger partial charge is 0.138 e. The van der Waals surface area contributed by atoms with E-state index in [0.717, 1.165) is 15.8 Å². The van der Waals surface area contributed by atoms with Crippen molar-refractivity contribution in [3.05, 3.63) is 50.9 Å². The molecule has 0 N–H and O–H groups in total. The molecule has 88 valence electrons. The van der Waals surface area contributed by atoms with E-state index in [2.05, 4.69) is 20.9 Å². The van der Waals surface area contributed by atoms with Gasteiger partial charge in [0.25, 0.3) is 0 Å². The number of thiophene rings is 1. The van der Waals surface area contributed by atoms with Crippen molar-refractivity contribution in [3.63, 3.8) is 0 Å². The summed E-state index contributed by atoms with van der Waals surface area (Å²) in [5.41, 5.74) is 1.17. The van der Waals surface area contributed by atoms with Gasteiger partial charge >= 0.3 is 0 Å². The minimum atomic E-state index is 0.288. The van der Waals surface area contributed by atoms with E-state index in [4.69, 9.17) is 0 Å². The van der Waals surface area contributed by atoms with E-state index < -0.39 is 0 Å². The van der Waals surface area contributed by atoms with Crippen LogP contribution in [0.1, 0.15) is 16.9 Å². The number of hydrogen-bond acceptors (Lipinski definition) is 3. The molecule has 0 fully saturated rings. The summed E-state index contributed by atoms with van der Waals surface area (Å²) in [4.78, 5) is 16.8. The Bertz CT molecular complexity index is 495. The maximum absolute atomic E-state index is 11.8. The number of carbonyl (C=O) groups excluding carboxylic acids is 1. The molecule has 2 rings (SSSR count). The number of rotatable bonds is 5. The number of pyridine rings is 1. The highest BCUT2D eigenvalue weighted by Gasteiger charge is 2.06. The van der Waals surface area contributed by atoms with Crippen LogP contribution in [0.2, 0.25) is 0 Å². The second-order valence-electron chi connectivity index (χ2n) is 3.80. The molecule has 0 amide bonds. The van der Waals surface area contributed by atoms with Crippen molar-refractivity contribution < 1.29 is 4.79 Å². The van der Waals surface area contributed by atoms with E-state index in [1.807, 2.05) is 23.6 Å². The summed E-state index contributed by atoms with van der Waals surface area (Å²) in [6.07, 6.45) is 5.46. The zero-order chi connectivity index (χ0) is 12.1. The van der Waals surface area contributed by atoms with Gasteiger partial charge < -0.3 is 0 Å². The molecule has 0 bridgehead atoms. The minimum Gasteiger partial charge on any atom is -0.299 e. The first-order valence-corrected chi connectivity index (χ1v) is 7.05. The number of aryl methyl sites for hydroxylation is 1. The minimum absolute atomic E-state index is 0.288. The van der Waals surface area contributed by atoms with E-state index in [1.165, 1.54) is 5.56 Å². The molecule has 2 heterocycles. The molecular weight excluding hydrogens is 298 g/mol. The molecule has 0 saturated heterocycles. The fourth-order valence-electron chi connectivity index (χ4n) is 1.56. The Morgan fingerprint density at radius 2 is 2.12 bits per heavy atom. The molecule has 4 heteroatoms. The molecule has 0 aliphatic heterocycles. The Labute approximate surface area is 113 Å². The van der Waals surface area contributed by atoms with Crippen molar-refractivity contribution in [1.29, 1.82) is 0 Å². The highest BCUT2D eigenvalue weighted by atomic mass is 79.9. The van der Waals surface area contributed by atoms with Crippen molar-refractivity contribution in [1.82, 2.24) is 4.98 Å². The molecule has 2 nitrogen and oxygen atoms in total. The van der Waals surface area contributed by atoms with Gasteiger partial charge in [-0.25, -0.2) is 0 Å². The van der Waals surface area contributed by atoms with Crippen molar-refractivity contribution in [2.75, 3.05) is 0 Å². The van der Waals surface area contributed by atoms with Crippen LogP contribution in [-0.4, -0.2) is 10.8 Å². The number of carbonyl (C=O) groups is 1. The average molecular weight is 310 g/mol. The zero-order valence-electron chi connectivity index (χ0n) is 9.23. The van der Waals surface area contributed by atoms with E-state index >= 15 is 0 Å². The lowest BCUT2D eigenvalue weighted by molar-refractivity contribution is -0.118. The molecule has 0 spiro atoms. The van der Waals surface area contributed by atoms with Crippen LogP contribution >= 0.6 is 27.3 Å². The number of Topliss-reactive ketones (excluding diaryl/α,β-unsaturated/α-hetero) is 1. The van der Waals surface area contributed by atoms with Gasteiger partial charge in [0.05, 0.1) is 0 Å². The maximum atomic E-state index is 11.8. The molecule has 0 aliphatic rings. The molecule has 0 aliphatic carbocycles. The maximum Gasteiger partial charge on any atom is 0.138 e. The largest absolute Gasteiger partial charge is 0.299 e. The highest BCUT2D eigenvalue weighted by molar-refractivity contribution is 9.10. The Kier molecular flexibility index (Phi) is 4.45. The second-order valence-corrected chi connectivity index (χ2v) is 5.71. The number of aromatic nitrogens is 1. The van der Waals surface area contributed by atoms with Crippen molar-refractivity contribution in [3.8, 4) is 0 Å². The van der Waals surface area contributed by atoms with Crippen LogP contribution < -0.4 is 0 Å². The third-order valence-electron chi connectivity index (χ3n) is 2.44.